The Morgan fingerprint density at radius 1 is 0.892 bits per heavy atom. The average Bonchev–Trinajstić information content (AvgIpc) is 3.24. The molecule has 3 aromatic carbocycles. The minimum Gasteiger partial charge on any atom is -0.497 e. The quantitative estimate of drug-likeness (QED) is 0.365. The molecule has 8 heteroatoms. The molecule has 0 atom stereocenters. The molecule has 1 aliphatic rings. The molecule has 186 valence electrons. The number of hydrogen-bond donors (Lipinski definition) is 0. The van der Waals surface area contributed by atoms with Crippen LogP contribution < -0.4 is 9.64 Å². The van der Waals surface area contributed by atoms with Crippen LogP contribution in [0.5, 0.6) is 5.75 Å². The molecule has 8 nitrogen and oxygen atoms in total. The smallest absolute Gasteiger partial charge is 0.227 e. The molecule has 6 rings (SSSR count). The summed E-state index contributed by atoms with van der Waals surface area (Å²) in [4.78, 5) is 22.5. The first-order valence-electron chi connectivity index (χ1n) is 12.6. The predicted molar refractivity (Wildman–Crippen MR) is 144 cm³/mol. The minimum atomic E-state index is 0.126. The third kappa shape index (κ3) is 4.46. The van der Waals surface area contributed by atoms with Crippen molar-refractivity contribution in [3.8, 4) is 17.1 Å². The molecular formula is C29H28N6O2. The lowest BCUT2D eigenvalue weighted by atomic mass is 10.1. The highest BCUT2D eigenvalue weighted by Crippen LogP contribution is 2.29. The SMILES string of the molecule is COc1cccc(CC(=O)N2CCCN(c3nc4ccccc4c4nnc(-c5ccccc5)n34)CC2)c1. The summed E-state index contributed by atoms with van der Waals surface area (Å²) < 4.78 is 7.38. The molecule has 1 fully saturated rings. The van der Waals surface area contributed by atoms with Gasteiger partial charge in [0.15, 0.2) is 11.5 Å². The van der Waals surface area contributed by atoms with Gasteiger partial charge in [-0.15, -0.1) is 10.2 Å². The molecule has 0 bridgehead atoms. The molecule has 0 aliphatic carbocycles. The highest BCUT2D eigenvalue weighted by molar-refractivity contribution is 5.93. The van der Waals surface area contributed by atoms with Crippen LogP contribution in [0.3, 0.4) is 0 Å². The second-order valence-corrected chi connectivity index (χ2v) is 9.23. The van der Waals surface area contributed by atoms with Crippen LogP contribution in [0.2, 0.25) is 0 Å². The number of rotatable bonds is 5. The van der Waals surface area contributed by atoms with E-state index in [-0.39, 0.29) is 5.91 Å². The third-order valence-electron chi connectivity index (χ3n) is 6.88. The summed E-state index contributed by atoms with van der Waals surface area (Å²) in [5, 5.41) is 10.1. The lowest BCUT2D eigenvalue weighted by Gasteiger charge is -2.24. The van der Waals surface area contributed by atoms with Crippen LogP contribution in [0.15, 0.2) is 78.9 Å². The molecule has 0 saturated carbocycles. The number of amides is 1. The maximum atomic E-state index is 13.2. The molecule has 2 aromatic heterocycles. The van der Waals surface area contributed by atoms with Gasteiger partial charge >= 0.3 is 0 Å². The molecule has 37 heavy (non-hydrogen) atoms. The van der Waals surface area contributed by atoms with Crippen LogP contribution in [0.1, 0.15) is 12.0 Å². The minimum absolute atomic E-state index is 0.126. The molecule has 1 aliphatic heterocycles. The van der Waals surface area contributed by atoms with Crippen LogP contribution in [-0.4, -0.2) is 63.7 Å². The molecule has 1 amide bonds. The zero-order valence-electron chi connectivity index (χ0n) is 20.7. The van der Waals surface area contributed by atoms with Gasteiger partial charge in [0.2, 0.25) is 11.9 Å². The van der Waals surface area contributed by atoms with E-state index in [1.807, 2.05) is 83.8 Å². The number of fused-ring (bicyclic) bond motifs is 3. The zero-order valence-corrected chi connectivity index (χ0v) is 20.7. The van der Waals surface area contributed by atoms with Gasteiger partial charge in [-0.05, 0) is 36.2 Å². The average molecular weight is 493 g/mol. The Morgan fingerprint density at radius 3 is 2.59 bits per heavy atom. The van der Waals surface area contributed by atoms with E-state index in [2.05, 4.69) is 19.5 Å². The van der Waals surface area contributed by atoms with Crippen molar-refractivity contribution < 1.29 is 9.53 Å². The summed E-state index contributed by atoms with van der Waals surface area (Å²) in [6.07, 6.45) is 1.21. The number of carbonyl (C=O) groups excluding carboxylic acids is 1. The number of methoxy groups -OCH3 is 1. The van der Waals surface area contributed by atoms with E-state index < -0.39 is 0 Å². The standard InChI is InChI=1S/C29H28N6O2/c1-37-23-12-7-9-21(19-23)20-26(36)33-15-8-16-34(18-17-33)29-30-25-14-6-5-13-24(25)28-32-31-27(35(28)29)22-10-3-2-4-11-22/h2-7,9-14,19H,8,15-18,20H2,1H3. The number of nitrogens with zero attached hydrogens (tertiary/aromatic N) is 6. The van der Waals surface area contributed by atoms with Gasteiger partial charge in [-0.25, -0.2) is 9.38 Å². The lowest BCUT2D eigenvalue weighted by Crippen LogP contribution is -2.36. The van der Waals surface area contributed by atoms with Gasteiger partial charge in [-0.1, -0.05) is 54.6 Å². The highest BCUT2D eigenvalue weighted by Gasteiger charge is 2.24. The summed E-state index contributed by atoms with van der Waals surface area (Å²) in [7, 11) is 1.64. The van der Waals surface area contributed by atoms with Gasteiger partial charge in [0, 0.05) is 37.1 Å². The Labute approximate surface area is 215 Å². The predicted octanol–water partition coefficient (Wildman–Crippen LogP) is 4.23. The summed E-state index contributed by atoms with van der Waals surface area (Å²) in [5.41, 5.74) is 3.61. The largest absolute Gasteiger partial charge is 0.497 e. The Balaban J connectivity index is 1.32. The van der Waals surface area contributed by atoms with Crippen molar-refractivity contribution in [1.29, 1.82) is 0 Å². The van der Waals surface area contributed by atoms with Crippen molar-refractivity contribution in [3.63, 3.8) is 0 Å². The van der Waals surface area contributed by atoms with E-state index in [4.69, 9.17) is 9.72 Å². The summed E-state index contributed by atoms with van der Waals surface area (Å²) in [6, 6.07) is 25.8. The number of anilines is 1. The highest BCUT2D eigenvalue weighted by atomic mass is 16.5. The fourth-order valence-electron chi connectivity index (χ4n) is 4.99. The normalized spacial score (nSPS) is 14.2. The first-order valence-corrected chi connectivity index (χ1v) is 12.6. The Morgan fingerprint density at radius 2 is 1.73 bits per heavy atom. The first-order chi connectivity index (χ1) is 18.2. The van der Waals surface area contributed by atoms with Crippen molar-refractivity contribution in [2.24, 2.45) is 0 Å². The van der Waals surface area contributed by atoms with E-state index >= 15 is 0 Å². The van der Waals surface area contributed by atoms with Gasteiger partial charge in [0.05, 0.1) is 19.0 Å². The molecule has 0 N–H and O–H groups in total. The van der Waals surface area contributed by atoms with Crippen LogP contribution in [-0.2, 0) is 11.2 Å². The van der Waals surface area contributed by atoms with Crippen molar-refractivity contribution in [2.45, 2.75) is 12.8 Å². The molecule has 3 heterocycles. The van der Waals surface area contributed by atoms with E-state index in [1.165, 1.54) is 0 Å². The van der Waals surface area contributed by atoms with E-state index in [0.717, 1.165) is 58.2 Å². The van der Waals surface area contributed by atoms with Crippen molar-refractivity contribution in [3.05, 3.63) is 84.4 Å². The monoisotopic (exact) mass is 492 g/mol. The summed E-state index contributed by atoms with van der Waals surface area (Å²) >= 11 is 0. The van der Waals surface area contributed by atoms with Gasteiger partial charge in [0.1, 0.15) is 5.75 Å². The fraction of sp³-hybridized carbons (Fsp3) is 0.241. The maximum Gasteiger partial charge on any atom is 0.227 e. The Hall–Kier alpha value is -4.46. The van der Waals surface area contributed by atoms with Crippen molar-refractivity contribution >= 4 is 28.4 Å². The van der Waals surface area contributed by atoms with Crippen LogP contribution in [0.4, 0.5) is 5.95 Å². The fourth-order valence-corrected chi connectivity index (χ4v) is 4.99. The van der Waals surface area contributed by atoms with E-state index in [0.29, 0.717) is 26.1 Å². The van der Waals surface area contributed by atoms with Crippen LogP contribution in [0, 0.1) is 0 Å². The summed E-state index contributed by atoms with van der Waals surface area (Å²) in [5.74, 6) is 2.46. The van der Waals surface area contributed by atoms with E-state index in [9.17, 15) is 4.79 Å². The zero-order chi connectivity index (χ0) is 25.2. The van der Waals surface area contributed by atoms with Gasteiger partial charge < -0.3 is 14.5 Å². The Kier molecular flexibility index (Phi) is 6.14. The topological polar surface area (TPSA) is 75.9 Å². The number of benzene rings is 3. The van der Waals surface area contributed by atoms with Crippen LogP contribution >= 0.6 is 0 Å². The molecule has 0 unspecified atom stereocenters. The molecule has 1 saturated heterocycles. The van der Waals surface area contributed by atoms with Crippen molar-refractivity contribution in [1.82, 2.24) is 24.5 Å². The van der Waals surface area contributed by atoms with Crippen molar-refractivity contribution in [2.75, 3.05) is 38.2 Å². The van der Waals surface area contributed by atoms with Gasteiger partial charge in [-0.3, -0.25) is 4.79 Å². The molecule has 0 spiro atoms. The number of ether oxygens (including phenoxy) is 1. The van der Waals surface area contributed by atoms with Crippen LogP contribution in [0.25, 0.3) is 27.9 Å². The molecule has 5 aromatic rings. The second-order valence-electron chi connectivity index (χ2n) is 9.23. The second kappa shape index (κ2) is 9.89. The number of para-hydroxylation sites is 1. The third-order valence-corrected chi connectivity index (χ3v) is 6.88. The van der Waals surface area contributed by atoms with E-state index in [1.54, 1.807) is 7.11 Å². The van der Waals surface area contributed by atoms with Gasteiger partial charge in [0.25, 0.3) is 0 Å². The van der Waals surface area contributed by atoms with Gasteiger partial charge in [-0.2, -0.15) is 0 Å². The lowest BCUT2D eigenvalue weighted by molar-refractivity contribution is -0.130. The molecule has 0 radical (unpaired) electrons. The first kappa shape index (κ1) is 23.0. The number of carbonyl (C=O) groups is 1. The number of hydrogen-bond acceptors (Lipinski definition) is 6. The maximum absolute atomic E-state index is 13.2. The summed E-state index contributed by atoms with van der Waals surface area (Å²) in [6.45, 7) is 2.80. The number of aromatic nitrogens is 4. The Bertz CT molecular complexity index is 1570. The molecular weight excluding hydrogens is 464 g/mol.